The van der Waals surface area contributed by atoms with E-state index < -0.39 is 0 Å². The van der Waals surface area contributed by atoms with Crippen LogP contribution in [-0.4, -0.2) is 50.5 Å². The minimum atomic E-state index is 0. The van der Waals surface area contributed by atoms with Crippen LogP contribution in [0.2, 0.25) is 0 Å². The molecule has 1 saturated carbocycles. The summed E-state index contributed by atoms with van der Waals surface area (Å²) < 4.78 is 1.20. The first-order valence-electron chi connectivity index (χ1n) is 9.49. The average molecular weight is 549 g/mol. The van der Waals surface area contributed by atoms with E-state index in [9.17, 15) is 4.79 Å². The molecular formula is C20H30BrIN4O. The van der Waals surface area contributed by atoms with E-state index in [2.05, 4.69) is 60.7 Å². The molecule has 3 rings (SSSR count). The van der Waals surface area contributed by atoms with E-state index in [-0.39, 0.29) is 35.3 Å². The molecule has 5 nitrogen and oxygen atoms in total. The normalized spacial score (nSPS) is 19.2. The highest BCUT2D eigenvalue weighted by Gasteiger charge is 2.45. The first-order valence-corrected chi connectivity index (χ1v) is 10.3. The largest absolute Gasteiger partial charge is 0.359 e. The summed E-state index contributed by atoms with van der Waals surface area (Å²) >= 11 is 3.70. The van der Waals surface area contributed by atoms with Gasteiger partial charge in [-0.1, -0.05) is 34.1 Å². The van der Waals surface area contributed by atoms with Gasteiger partial charge >= 0.3 is 0 Å². The maximum Gasteiger partial charge on any atom is 0.220 e. The lowest BCUT2D eigenvalue weighted by Gasteiger charge is -2.34. The van der Waals surface area contributed by atoms with Crippen molar-refractivity contribution in [1.29, 1.82) is 0 Å². The van der Waals surface area contributed by atoms with Gasteiger partial charge in [-0.3, -0.25) is 9.79 Å². The molecule has 7 heteroatoms. The maximum atomic E-state index is 11.6. The number of halogens is 2. The van der Waals surface area contributed by atoms with Gasteiger partial charge in [0.05, 0.1) is 0 Å². The lowest BCUT2D eigenvalue weighted by atomic mass is 9.93. The van der Waals surface area contributed by atoms with Crippen LogP contribution in [0.3, 0.4) is 0 Å². The molecule has 0 bridgehead atoms. The molecule has 0 radical (unpaired) electrons. The molecule has 1 aromatic carbocycles. The first-order chi connectivity index (χ1) is 12.6. The Morgan fingerprint density at radius 3 is 2.52 bits per heavy atom. The number of benzene rings is 1. The van der Waals surface area contributed by atoms with Gasteiger partial charge in [0.25, 0.3) is 0 Å². The summed E-state index contributed by atoms with van der Waals surface area (Å²) in [4.78, 5) is 18.4. The number of likely N-dealkylation sites (tertiary alicyclic amines) is 1. The number of aliphatic imine (C=N–C) groups is 1. The van der Waals surface area contributed by atoms with Crippen LogP contribution < -0.4 is 10.6 Å². The second-order valence-electron chi connectivity index (χ2n) is 7.47. The molecule has 2 aliphatic rings. The Kier molecular flexibility index (Phi) is 8.39. The van der Waals surface area contributed by atoms with Gasteiger partial charge in [-0.25, -0.2) is 0 Å². The van der Waals surface area contributed by atoms with E-state index in [0.29, 0.717) is 12.3 Å². The topological polar surface area (TPSA) is 56.7 Å². The van der Waals surface area contributed by atoms with Crippen LogP contribution in [0.4, 0.5) is 0 Å². The minimum absolute atomic E-state index is 0. The van der Waals surface area contributed by atoms with Crippen LogP contribution in [0.15, 0.2) is 33.7 Å². The number of rotatable bonds is 5. The monoisotopic (exact) mass is 548 g/mol. The summed E-state index contributed by atoms with van der Waals surface area (Å²) in [5.74, 6) is 1.62. The molecule has 0 atom stereocenters. The van der Waals surface area contributed by atoms with E-state index in [1.165, 1.54) is 22.9 Å². The molecule has 0 unspecified atom stereocenters. The molecule has 150 valence electrons. The van der Waals surface area contributed by atoms with Crippen LogP contribution in [0.1, 0.15) is 37.7 Å². The number of nitrogens with zero attached hydrogens (tertiary/aromatic N) is 2. The van der Waals surface area contributed by atoms with Gasteiger partial charge in [-0.2, -0.15) is 0 Å². The third kappa shape index (κ3) is 5.59. The van der Waals surface area contributed by atoms with Crippen molar-refractivity contribution in [3.8, 4) is 0 Å². The molecule has 2 N–H and O–H groups in total. The second-order valence-corrected chi connectivity index (χ2v) is 8.32. The first kappa shape index (κ1) is 22.5. The van der Waals surface area contributed by atoms with Crippen LogP contribution >= 0.6 is 39.9 Å². The zero-order valence-corrected chi connectivity index (χ0v) is 20.0. The molecule has 0 aromatic heterocycles. The fraction of sp³-hybridized carbons (Fsp3) is 0.600. The number of guanidine groups is 1. The van der Waals surface area contributed by atoms with E-state index in [1.807, 2.05) is 7.05 Å². The van der Waals surface area contributed by atoms with Crippen molar-refractivity contribution in [2.24, 2.45) is 10.9 Å². The number of carbonyl (C=O) groups is 1. The van der Waals surface area contributed by atoms with Crippen molar-refractivity contribution in [2.45, 2.75) is 37.5 Å². The van der Waals surface area contributed by atoms with Crippen LogP contribution in [0.25, 0.3) is 0 Å². The standard InChI is InChI=1S/C20H29BrN4O.HI/c1-22-18(26)13-15-7-11-25(12-8-15)19(23-2)24-14-20(9-10-20)16-5-3-4-6-17(16)21;/h3-6,15H,7-14H2,1-2H3,(H,22,26)(H,23,24);1H. The summed E-state index contributed by atoms with van der Waals surface area (Å²) in [7, 11) is 3.57. The number of nitrogens with one attached hydrogen (secondary N) is 2. The van der Waals surface area contributed by atoms with Crippen molar-refractivity contribution >= 4 is 51.8 Å². The van der Waals surface area contributed by atoms with Gasteiger partial charge in [0, 0.05) is 50.0 Å². The molecular weight excluding hydrogens is 519 g/mol. The predicted molar refractivity (Wildman–Crippen MR) is 125 cm³/mol. The van der Waals surface area contributed by atoms with Crippen molar-refractivity contribution in [1.82, 2.24) is 15.5 Å². The summed E-state index contributed by atoms with van der Waals surface area (Å²) in [6.07, 6.45) is 5.16. The Bertz CT molecular complexity index is 670. The van der Waals surface area contributed by atoms with Gasteiger partial charge in [-0.15, -0.1) is 24.0 Å². The van der Waals surface area contributed by atoms with Crippen molar-refractivity contribution in [2.75, 3.05) is 33.7 Å². The molecule has 1 saturated heterocycles. The number of hydrogen-bond donors (Lipinski definition) is 2. The number of piperidine rings is 1. The third-order valence-corrected chi connectivity index (χ3v) is 6.45. The maximum absolute atomic E-state index is 11.6. The lowest BCUT2D eigenvalue weighted by Crippen LogP contribution is -2.47. The summed E-state index contributed by atoms with van der Waals surface area (Å²) in [6, 6.07) is 8.54. The quantitative estimate of drug-likeness (QED) is 0.336. The Morgan fingerprint density at radius 2 is 1.96 bits per heavy atom. The molecule has 1 aromatic rings. The van der Waals surface area contributed by atoms with Crippen molar-refractivity contribution in [3.05, 3.63) is 34.3 Å². The van der Waals surface area contributed by atoms with Crippen LogP contribution in [-0.2, 0) is 10.2 Å². The van der Waals surface area contributed by atoms with Gasteiger partial charge in [-0.05, 0) is 43.2 Å². The fourth-order valence-electron chi connectivity index (χ4n) is 3.88. The molecule has 0 spiro atoms. The van der Waals surface area contributed by atoms with E-state index in [1.54, 1.807) is 7.05 Å². The second kappa shape index (κ2) is 10.1. The van der Waals surface area contributed by atoms with Gasteiger partial charge in [0.1, 0.15) is 0 Å². The Hall–Kier alpha value is -0.830. The lowest BCUT2D eigenvalue weighted by molar-refractivity contribution is -0.121. The van der Waals surface area contributed by atoms with E-state index >= 15 is 0 Å². The summed E-state index contributed by atoms with van der Waals surface area (Å²) in [5, 5.41) is 6.34. The number of carbonyl (C=O) groups excluding carboxylic acids is 1. The zero-order valence-electron chi connectivity index (χ0n) is 16.1. The highest BCUT2D eigenvalue weighted by molar-refractivity contribution is 14.0. The van der Waals surface area contributed by atoms with Gasteiger partial charge in [0.15, 0.2) is 5.96 Å². The summed E-state index contributed by atoms with van der Waals surface area (Å²) in [5.41, 5.74) is 1.63. The molecule has 2 fully saturated rings. The van der Waals surface area contributed by atoms with E-state index in [0.717, 1.165) is 38.4 Å². The fourth-order valence-corrected chi connectivity index (χ4v) is 4.58. The van der Waals surface area contributed by atoms with Crippen LogP contribution in [0, 0.1) is 5.92 Å². The smallest absolute Gasteiger partial charge is 0.220 e. The Balaban J connectivity index is 0.00000261. The SMILES string of the molecule is CN=C(NCC1(c2ccccc2Br)CC1)N1CCC(CC(=O)NC)CC1.I. The number of hydrogen-bond acceptors (Lipinski definition) is 2. The molecule has 1 amide bonds. The zero-order chi connectivity index (χ0) is 18.6. The molecule has 1 heterocycles. The molecule has 27 heavy (non-hydrogen) atoms. The van der Waals surface area contributed by atoms with Crippen molar-refractivity contribution in [3.63, 3.8) is 0 Å². The Labute approximate surface area is 187 Å². The average Bonchev–Trinajstić information content (AvgIpc) is 3.44. The van der Waals surface area contributed by atoms with Crippen LogP contribution in [0.5, 0.6) is 0 Å². The molecule has 1 aliphatic carbocycles. The third-order valence-electron chi connectivity index (χ3n) is 5.76. The predicted octanol–water partition coefficient (Wildman–Crippen LogP) is 3.52. The highest BCUT2D eigenvalue weighted by atomic mass is 127. The number of amides is 1. The van der Waals surface area contributed by atoms with Gasteiger partial charge in [0.2, 0.25) is 5.91 Å². The Morgan fingerprint density at radius 1 is 1.30 bits per heavy atom. The minimum Gasteiger partial charge on any atom is -0.359 e. The van der Waals surface area contributed by atoms with Gasteiger partial charge < -0.3 is 15.5 Å². The highest BCUT2D eigenvalue weighted by Crippen LogP contribution is 2.49. The van der Waals surface area contributed by atoms with Crippen molar-refractivity contribution < 1.29 is 4.79 Å². The molecule has 1 aliphatic heterocycles. The summed E-state index contributed by atoms with van der Waals surface area (Å²) in [6.45, 7) is 2.84. The van der Waals surface area contributed by atoms with E-state index in [4.69, 9.17) is 0 Å².